The molecule has 1 heterocycles. The average molecular weight is 372 g/mol. The number of carbonyl (C=O) groups excluding carboxylic acids is 1. The Morgan fingerprint density at radius 3 is 2.35 bits per heavy atom. The highest BCUT2D eigenvalue weighted by molar-refractivity contribution is 7.89. The Morgan fingerprint density at radius 1 is 1.00 bits per heavy atom. The van der Waals surface area contributed by atoms with Crippen LogP contribution in [0.25, 0.3) is 0 Å². The number of nitrogens with zero attached hydrogens (tertiary/aromatic N) is 1. The van der Waals surface area contributed by atoms with Crippen molar-refractivity contribution in [3.63, 3.8) is 0 Å². The molecule has 2 aromatic rings. The summed E-state index contributed by atoms with van der Waals surface area (Å²) in [6.07, 6.45) is 2.68. The molecule has 1 aliphatic heterocycles. The molecule has 0 aromatic heterocycles. The number of benzene rings is 2. The van der Waals surface area contributed by atoms with Crippen molar-refractivity contribution in [1.29, 1.82) is 0 Å². The van der Waals surface area contributed by atoms with Gasteiger partial charge in [-0.2, -0.15) is 4.31 Å². The molecule has 6 heteroatoms. The molecule has 0 saturated carbocycles. The first-order valence-electron chi connectivity index (χ1n) is 8.95. The number of hydrogen-bond donors (Lipinski definition) is 1. The summed E-state index contributed by atoms with van der Waals surface area (Å²) in [6, 6.07) is 17.9. The molecule has 1 N–H and O–H groups in total. The fourth-order valence-corrected chi connectivity index (χ4v) is 5.02. The predicted molar refractivity (Wildman–Crippen MR) is 101 cm³/mol. The van der Waals surface area contributed by atoms with Gasteiger partial charge in [-0.05, 0) is 30.5 Å². The Labute approximate surface area is 155 Å². The largest absolute Gasteiger partial charge is 0.352 e. The van der Waals surface area contributed by atoms with E-state index in [1.807, 2.05) is 30.3 Å². The highest BCUT2D eigenvalue weighted by atomic mass is 32.2. The van der Waals surface area contributed by atoms with E-state index < -0.39 is 10.0 Å². The van der Waals surface area contributed by atoms with Crippen molar-refractivity contribution in [3.05, 3.63) is 66.2 Å². The Bertz CT molecular complexity index is 823. The average Bonchev–Trinajstić information content (AvgIpc) is 2.68. The number of sulfonamides is 1. The minimum atomic E-state index is -3.57. The van der Waals surface area contributed by atoms with Gasteiger partial charge in [-0.25, -0.2) is 8.42 Å². The van der Waals surface area contributed by atoms with Crippen molar-refractivity contribution in [1.82, 2.24) is 9.62 Å². The van der Waals surface area contributed by atoms with Gasteiger partial charge in [0.05, 0.1) is 4.90 Å². The topological polar surface area (TPSA) is 66.5 Å². The fraction of sp³-hybridized carbons (Fsp3) is 0.350. The van der Waals surface area contributed by atoms with E-state index in [0.717, 1.165) is 18.4 Å². The highest BCUT2D eigenvalue weighted by Gasteiger charge is 2.34. The lowest BCUT2D eigenvalue weighted by molar-refractivity contribution is -0.122. The van der Waals surface area contributed by atoms with Gasteiger partial charge in [-0.15, -0.1) is 0 Å². The van der Waals surface area contributed by atoms with E-state index in [1.54, 1.807) is 30.3 Å². The van der Waals surface area contributed by atoms with Gasteiger partial charge >= 0.3 is 0 Å². The number of amides is 1. The zero-order chi connectivity index (χ0) is 18.4. The second-order valence-electron chi connectivity index (χ2n) is 6.54. The smallest absolute Gasteiger partial charge is 0.243 e. The van der Waals surface area contributed by atoms with Crippen LogP contribution in [0.2, 0.25) is 0 Å². The van der Waals surface area contributed by atoms with E-state index >= 15 is 0 Å². The molecule has 0 unspecified atom stereocenters. The maximum Gasteiger partial charge on any atom is 0.243 e. The molecule has 1 atom stereocenters. The normalized spacial score (nSPS) is 18.4. The number of rotatable bonds is 6. The zero-order valence-corrected chi connectivity index (χ0v) is 15.5. The molecule has 1 aliphatic rings. The third-order valence-corrected chi connectivity index (χ3v) is 6.64. The van der Waals surface area contributed by atoms with Gasteiger partial charge < -0.3 is 5.32 Å². The van der Waals surface area contributed by atoms with Crippen molar-refractivity contribution in [3.8, 4) is 0 Å². The molecule has 0 radical (unpaired) electrons. The van der Waals surface area contributed by atoms with E-state index in [0.29, 0.717) is 19.5 Å². The highest BCUT2D eigenvalue weighted by Crippen LogP contribution is 2.27. The number of nitrogens with one attached hydrogen (secondary N) is 1. The Morgan fingerprint density at radius 2 is 1.65 bits per heavy atom. The van der Waals surface area contributed by atoms with Crippen LogP contribution in [0.5, 0.6) is 0 Å². The van der Waals surface area contributed by atoms with Crippen LogP contribution in [0.3, 0.4) is 0 Å². The third-order valence-electron chi connectivity index (χ3n) is 4.68. The van der Waals surface area contributed by atoms with Crippen LogP contribution >= 0.6 is 0 Å². The minimum absolute atomic E-state index is 0.117. The van der Waals surface area contributed by atoms with Gasteiger partial charge in [-0.3, -0.25) is 4.79 Å². The van der Waals surface area contributed by atoms with Gasteiger partial charge in [-0.1, -0.05) is 55.0 Å². The molecule has 1 saturated heterocycles. The van der Waals surface area contributed by atoms with Crippen LogP contribution < -0.4 is 5.32 Å². The summed E-state index contributed by atoms with van der Waals surface area (Å²) in [5.41, 5.74) is 1.03. The molecule has 1 amide bonds. The van der Waals surface area contributed by atoms with Crippen LogP contribution in [-0.2, 0) is 21.4 Å². The van der Waals surface area contributed by atoms with Gasteiger partial charge in [0.1, 0.15) is 0 Å². The van der Waals surface area contributed by atoms with Crippen molar-refractivity contribution in [2.75, 3.05) is 6.54 Å². The van der Waals surface area contributed by atoms with E-state index in [2.05, 4.69) is 5.32 Å². The molecule has 1 fully saturated rings. The number of hydrogen-bond acceptors (Lipinski definition) is 3. The molecular formula is C20H24N2O3S. The molecule has 2 aromatic carbocycles. The molecule has 0 bridgehead atoms. The summed E-state index contributed by atoms with van der Waals surface area (Å²) >= 11 is 0. The van der Waals surface area contributed by atoms with Crippen molar-refractivity contribution >= 4 is 15.9 Å². The summed E-state index contributed by atoms with van der Waals surface area (Å²) in [6.45, 7) is 0.922. The standard InChI is InChI=1S/C20H24N2O3S/c23-20(21-16-17-9-3-1-4-10-17)15-18-11-7-8-14-22(18)26(24,25)19-12-5-2-6-13-19/h1-6,9-10,12-13,18H,7-8,11,14-16H2,(H,21,23)/t18-/m0/s1. The SMILES string of the molecule is O=C(C[C@@H]1CCCCN1S(=O)(=O)c1ccccc1)NCc1ccccc1. The lowest BCUT2D eigenvalue weighted by atomic mass is 10.0. The van der Waals surface area contributed by atoms with E-state index in [-0.39, 0.29) is 23.3 Å². The zero-order valence-electron chi connectivity index (χ0n) is 14.7. The van der Waals surface area contributed by atoms with Crippen LogP contribution in [0.15, 0.2) is 65.6 Å². The van der Waals surface area contributed by atoms with Crippen LogP contribution in [0, 0.1) is 0 Å². The second kappa shape index (κ2) is 8.47. The minimum Gasteiger partial charge on any atom is -0.352 e. The van der Waals surface area contributed by atoms with Crippen molar-refractivity contribution in [2.45, 2.75) is 43.2 Å². The Balaban J connectivity index is 1.66. The predicted octanol–water partition coefficient (Wildman–Crippen LogP) is 2.94. The van der Waals surface area contributed by atoms with E-state index in [1.165, 1.54) is 4.31 Å². The van der Waals surface area contributed by atoms with Crippen LogP contribution in [0.4, 0.5) is 0 Å². The number of piperidine rings is 1. The van der Waals surface area contributed by atoms with Gasteiger partial charge in [0.2, 0.25) is 15.9 Å². The molecule has 0 spiro atoms. The Kier molecular flexibility index (Phi) is 6.06. The first-order valence-corrected chi connectivity index (χ1v) is 10.4. The molecule has 26 heavy (non-hydrogen) atoms. The molecule has 3 rings (SSSR count). The molecule has 0 aliphatic carbocycles. The van der Waals surface area contributed by atoms with Gasteiger partial charge in [0, 0.05) is 25.6 Å². The first kappa shape index (κ1) is 18.6. The summed E-state index contributed by atoms with van der Waals surface area (Å²) in [4.78, 5) is 12.6. The summed E-state index contributed by atoms with van der Waals surface area (Å²) < 4.78 is 27.4. The lowest BCUT2D eigenvalue weighted by Crippen LogP contribution is -2.45. The van der Waals surface area contributed by atoms with E-state index in [9.17, 15) is 13.2 Å². The van der Waals surface area contributed by atoms with Crippen molar-refractivity contribution < 1.29 is 13.2 Å². The lowest BCUT2D eigenvalue weighted by Gasteiger charge is -2.34. The quantitative estimate of drug-likeness (QED) is 0.848. The maximum absolute atomic E-state index is 13.0. The fourth-order valence-electron chi connectivity index (χ4n) is 3.31. The van der Waals surface area contributed by atoms with Crippen molar-refractivity contribution in [2.24, 2.45) is 0 Å². The monoisotopic (exact) mass is 372 g/mol. The molecule has 138 valence electrons. The first-order chi connectivity index (χ1) is 12.6. The maximum atomic E-state index is 13.0. The summed E-state index contributed by atoms with van der Waals surface area (Å²) in [5.74, 6) is -0.117. The van der Waals surface area contributed by atoms with Gasteiger partial charge in [0.15, 0.2) is 0 Å². The summed E-state index contributed by atoms with van der Waals surface area (Å²) in [7, 11) is -3.57. The van der Waals surface area contributed by atoms with Gasteiger partial charge in [0.25, 0.3) is 0 Å². The Hall–Kier alpha value is -2.18. The number of carbonyl (C=O) groups is 1. The van der Waals surface area contributed by atoms with Crippen LogP contribution in [-0.4, -0.2) is 31.2 Å². The summed E-state index contributed by atoms with van der Waals surface area (Å²) in [5, 5.41) is 2.90. The second-order valence-corrected chi connectivity index (χ2v) is 8.44. The molecular weight excluding hydrogens is 348 g/mol. The third kappa shape index (κ3) is 4.51. The van der Waals surface area contributed by atoms with E-state index in [4.69, 9.17) is 0 Å². The molecule has 5 nitrogen and oxygen atoms in total. The van der Waals surface area contributed by atoms with Crippen LogP contribution in [0.1, 0.15) is 31.2 Å².